The molecule has 1 aromatic heterocycles. The number of nitrogens with zero attached hydrogens (tertiary/aromatic N) is 2. The first kappa shape index (κ1) is 14.9. The number of primary sulfonamides is 1. The molecule has 3 N–H and O–H groups in total. The van der Waals surface area contributed by atoms with Crippen LogP contribution in [0.4, 0.5) is 19.0 Å². The van der Waals surface area contributed by atoms with Gasteiger partial charge in [0.2, 0.25) is 5.75 Å². The van der Waals surface area contributed by atoms with Crippen LogP contribution in [0.2, 0.25) is 0 Å². The molecule has 0 aliphatic heterocycles. The summed E-state index contributed by atoms with van der Waals surface area (Å²) in [6.07, 6.45) is -5.29. The number of pyridine rings is 1. The van der Waals surface area contributed by atoms with Crippen LogP contribution in [0.1, 0.15) is 0 Å². The first-order valence-electron chi connectivity index (χ1n) is 4.09. The lowest BCUT2D eigenvalue weighted by molar-refractivity contribution is -0.393. The standard InChI is InChI=1S/C6H4F3N3O6S/c7-6(8,9)18-3-1-2(13)5(19(10,16)17)11-4(3)12(14)15/h1,13H,(H2,10,16,17). The molecule has 0 fully saturated rings. The van der Waals surface area contributed by atoms with Crippen molar-refractivity contribution in [1.82, 2.24) is 4.98 Å². The molecule has 0 saturated heterocycles. The molecule has 1 heterocycles. The van der Waals surface area contributed by atoms with Gasteiger partial charge >= 0.3 is 17.2 Å². The second kappa shape index (κ2) is 4.51. The SMILES string of the molecule is NS(=O)(=O)c1nc([N+](=O)[O-])c(OC(F)(F)F)cc1O. The third-order valence-corrected chi connectivity index (χ3v) is 2.42. The summed E-state index contributed by atoms with van der Waals surface area (Å²) in [5.41, 5.74) is 0. The summed E-state index contributed by atoms with van der Waals surface area (Å²) in [5.74, 6) is -4.34. The lowest BCUT2D eigenvalue weighted by Gasteiger charge is -2.09. The average Bonchev–Trinajstić information content (AvgIpc) is 2.11. The monoisotopic (exact) mass is 303 g/mol. The van der Waals surface area contributed by atoms with Crippen LogP contribution in [0.25, 0.3) is 0 Å². The summed E-state index contributed by atoms with van der Waals surface area (Å²) < 4.78 is 60.9. The van der Waals surface area contributed by atoms with Crippen LogP contribution < -0.4 is 9.88 Å². The highest BCUT2D eigenvalue weighted by atomic mass is 32.2. The number of hydrogen-bond acceptors (Lipinski definition) is 7. The van der Waals surface area contributed by atoms with Crippen LogP contribution in [-0.4, -0.2) is 29.8 Å². The highest BCUT2D eigenvalue weighted by Crippen LogP contribution is 2.35. The zero-order valence-corrected chi connectivity index (χ0v) is 9.40. The summed E-state index contributed by atoms with van der Waals surface area (Å²) in [6, 6.07) is 0.0817. The van der Waals surface area contributed by atoms with Gasteiger partial charge in [0.15, 0.2) is 5.75 Å². The molecule has 0 radical (unpaired) electrons. The molecule has 0 unspecified atom stereocenters. The van der Waals surface area contributed by atoms with Gasteiger partial charge in [-0.2, -0.15) is 0 Å². The Morgan fingerprint density at radius 1 is 1.47 bits per heavy atom. The van der Waals surface area contributed by atoms with Gasteiger partial charge in [-0.05, 0) is 9.91 Å². The number of aromatic hydroxyl groups is 1. The minimum Gasteiger partial charge on any atom is -0.503 e. The molecule has 1 aromatic rings. The number of ether oxygens (including phenoxy) is 1. The minimum atomic E-state index is -5.29. The van der Waals surface area contributed by atoms with Gasteiger partial charge in [-0.25, -0.2) is 13.6 Å². The van der Waals surface area contributed by atoms with Gasteiger partial charge in [-0.1, -0.05) is 0 Å². The Morgan fingerprint density at radius 3 is 2.37 bits per heavy atom. The van der Waals surface area contributed by atoms with Gasteiger partial charge in [-0.15, -0.1) is 13.2 Å². The second-order valence-corrected chi connectivity index (χ2v) is 4.46. The Hall–Kier alpha value is -2.15. The maximum absolute atomic E-state index is 12.0. The van der Waals surface area contributed by atoms with Crippen LogP contribution in [0.15, 0.2) is 11.1 Å². The Labute approximate surface area is 102 Å². The van der Waals surface area contributed by atoms with Gasteiger partial charge in [-0.3, -0.25) is 0 Å². The number of alkyl halides is 3. The fraction of sp³-hybridized carbons (Fsp3) is 0.167. The summed E-state index contributed by atoms with van der Waals surface area (Å²) in [5, 5.41) is 22.8. The van der Waals surface area contributed by atoms with Gasteiger partial charge in [0.25, 0.3) is 10.0 Å². The normalized spacial score (nSPS) is 12.2. The number of nitro groups is 1. The molecule has 0 spiro atoms. The first-order chi connectivity index (χ1) is 8.42. The Morgan fingerprint density at radius 2 is 2.00 bits per heavy atom. The summed E-state index contributed by atoms with van der Waals surface area (Å²) in [6.45, 7) is 0. The predicted octanol–water partition coefficient (Wildman–Crippen LogP) is 0.241. The molecular weight excluding hydrogens is 299 g/mol. The number of sulfonamides is 1. The average molecular weight is 303 g/mol. The fourth-order valence-electron chi connectivity index (χ4n) is 0.999. The summed E-state index contributed by atoms with van der Waals surface area (Å²) in [4.78, 5) is 11.8. The fourth-order valence-corrected chi connectivity index (χ4v) is 1.56. The number of hydrogen-bond donors (Lipinski definition) is 2. The van der Waals surface area contributed by atoms with Crippen molar-refractivity contribution < 1.29 is 36.4 Å². The topological polar surface area (TPSA) is 146 Å². The highest BCUT2D eigenvalue weighted by molar-refractivity contribution is 7.89. The molecule has 0 bridgehead atoms. The van der Waals surface area contributed by atoms with Gasteiger partial charge in [0.1, 0.15) is 0 Å². The maximum Gasteiger partial charge on any atom is 0.573 e. The van der Waals surface area contributed by atoms with E-state index in [1.165, 1.54) is 0 Å². The number of aromatic nitrogens is 1. The van der Waals surface area contributed by atoms with Crippen molar-refractivity contribution in [2.75, 3.05) is 0 Å². The van der Waals surface area contributed by atoms with Crippen molar-refractivity contribution in [2.24, 2.45) is 5.14 Å². The molecule has 0 saturated carbocycles. The van der Waals surface area contributed by atoms with E-state index < -0.39 is 43.7 Å². The van der Waals surface area contributed by atoms with Crippen LogP contribution in [0, 0.1) is 10.1 Å². The molecule has 0 aliphatic rings. The molecule has 0 aliphatic carbocycles. The van der Waals surface area contributed by atoms with E-state index in [0.29, 0.717) is 0 Å². The summed E-state index contributed by atoms with van der Waals surface area (Å²) >= 11 is 0. The van der Waals surface area contributed by atoms with Crippen molar-refractivity contribution in [3.8, 4) is 11.5 Å². The van der Waals surface area contributed by atoms with Gasteiger partial charge in [0, 0.05) is 6.07 Å². The molecule has 9 nitrogen and oxygen atoms in total. The van der Waals surface area contributed by atoms with Crippen LogP contribution >= 0.6 is 0 Å². The van der Waals surface area contributed by atoms with Crippen LogP contribution in [0.3, 0.4) is 0 Å². The third kappa shape index (κ3) is 3.65. The Kier molecular flexibility index (Phi) is 3.54. The molecule has 19 heavy (non-hydrogen) atoms. The van der Waals surface area contributed by atoms with E-state index in [1.807, 2.05) is 0 Å². The molecule has 13 heteroatoms. The van der Waals surface area contributed by atoms with E-state index >= 15 is 0 Å². The largest absolute Gasteiger partial charge is 0.573 e. The Bertz CT molecular complexity index is 628. The third-order valence-electron chi connectivity index (χ3n) is 1.58. The van der Waals surface area contributed by atoms with Crippen molar-refractivity contribution in [2.45, 2.75) is 11.4 Å². The lowest BCUT2D eigenvalue weighted by Crippen LogP contribution is -2.20. The molecule has 106 valence electrons. The molecule has 0 atom stereocenters. The maximum atomic E-state index is 12.0. The number of rotatable bonds is 3. The van der Waals surface area contributed by atoms with E-state index in [2.05, 4.69) is 14.9 Å². The zero-order valence-electron chi connectivity index (χ0n) is 8.58. The van der Waals surface area contributed by atoms with Gasteiger partial charge < -0.3 is 20.0 Å². The predicted molar refractivity (Wildman–Crippen MR) is 50.6 cm³/mol. The number of nitrogens with two attached hydrogens (primary N) is 1. The zero-order chi connectivity index (χ0) is 15.0. The van der Waals surface area contributed by atoms with E-state index in [4.69, 9.17) is 5.11 Å². The first-order valence-corrected chi connectivity index (χ1v) is 5.63. The van der Waals surface area contributed by atoms with E-state index in [1.54, 1.807) is 0 Å². The highest BCUT2D eigenvalue weighted by Gasteiger charge is 2.37. The van der Waals surface area contributed by atoms with Gasteiger partial charge in [0.05, 0.1) is 0 Å². The molecular formula is C6H4F3N3O6S. The summed E-state index contributed by atoms with van der Waals surface area (Å²) in [7, 11) is -4.65. The number of halogens is 3. The smallest absolute Gasteiger partial charge is 0.503 e. The van der Waals surface area contributed by atoms with Crippen molar-refractivity contribution in [3.05, 3.63) is 16.2 Å². The van der Waals surface area contributed by atoms with E-state index in [0.717, 1.165) is 0 Å². The quantitative estimate of drug-likeness (QED) is 0.600. The van der Waals surface area contributed by atoms with E-state index in [-0.39, 0.29) is 6.07 Å². The lowest BCUT2D eigenvalue weighted by atomic mass is 10.4. The van der Waals surface area contributed by atoms with Crippen molar-refractivity contribution in [1.29, 1.82) is 0 Å². The van der Waals surface area contributed by atoms with Crippen molar-refractivity contribution >= 4 is 15.8 Å². The molecule has 0 amide bonds. The van der Waals surface area contributed by atoms with Crippen molar-refractivity contribution in [3.63, 3.8) is 0 Å². The van der Waals surface area contributed by atoms with Crippen LogP contribution in [0.5, 0.6) is 11.5 Å². The Balaban J connectivity index is 3.51. The van der Waals surface area contributed by atoms with Crippen LogP contribution in [-0.2, 0) is 10.0 Å². The molecule has 0 aromatic carbocycles. The van der Waals surface area contributed by atoms with E-state index in [9.17, 15) is 31.7 Å². The molecule has 1 rings (SSSR count). The minimum absolute atomic E-state index is 0.0817. The second-order valence-electron chi connectivity index (χ2n) is 2.98.